The van der Waals surface area contributed by atoms with E-state index in [2.05, 4.69) is 20.5 Å². The molecule has 134 valence electrons. The molecule has 26 heavy (non-hydrogen) atoms. The van der Waals surface area contributed by atoms with Crippen molar-refractivity contribution in [1.29, 1.82) is 0 Å². The Bertz CT molecular complexity index is 882. The molecule has 2 heterocycles. The van der Waals surface area contributed by atoms with Crippen LogP contribution in [0.5, 0.6) is 0 Å². The third kappa shape index (κ3) is 4.23. The van der Waals surface area contributed by atoms with Gasteiger partial charge in [-0.05, 0) is 50.2 Å². The van der Waals surface area contributed by atoms with Crippen LogP contribution in [-0.2, 0) is 11.3 Å². The van der Waals surface area contributed by atoms with Gasteiger partial charge in [0.2, 0.25) is 5.91 Å². The number of hydrogen-bond acceptors (Lipinski definition) is 5. The molecular formula is C18H18ClN5OS. The lowest BCUT2D eigenvalue weighted by Crippen LogP contribution is -2.22. The van der Waals surface area contributed by atoms with E-state index >= 15 is 0 Å². The highest BCUT2D eigenvalue weighted by Crippen LogP contribution is 2.27. The Balaban J connectivity index is 1.73. The SMILES string of the molecule is CCn1c(SC(C)C(=O)Nc2ccc(Cl)cc2)nnc1-c1ccncc1. The lowest BCUT2D eigenvalue weighted by molar-refractivity contribution is -0.115. The summed E-state index contributed by atoms with van der Waals surface area (Å²) in [5, 5.41) is 12.4. The van der Waals surface area contributed by atoms with Gasteiger partial charge in [0.1, 0.15) is 0 Å². The third-order valence-corrected chi connectivity index (χ3v) is 5.07. The van der Waals surface area contributed by atoms with Gasteiger partial charge < -0.3 is 9.88 Å². The minimum Gasteiger partial charge on any atom is -0.325 e. The van der Waals surface area contributed by atoms with Gasteiger partial charge in [0.15, 0.2) is 11.0 Å². The van der Waals surface area contributed by atoms with Crippen LogP contribution in [0.4, 0.5) is 5.69 Å². The second-order valence-electron chi connectivity index (χ2n) is 5.54. The van der Waals surface area contributed by atoms with Gasteiger partial charge in [-0.2, -0.15) is 0 Å². The molecular weight excluding hydrogens is 370 g/mol. The molecule has 3 aromatic rings. The van der Waals surface area contributed by atoms with E-state index in [0.717, 1.165) is 11.4 Å². The molecule has 0 spiro atoms. The minimum atomic E-state index is -0.328. The summed E-state index contributed by atoms with van der Waals surface area (Å²) in [7, 11) is 0. The van der Waals surface area contributed by atoms with Crippen molar-refractivity contribution in [1.82, 2.24) is 19.7 Å². The predicted octanol–water partition coefficient (Wildman–Crippen LogP) is 4.13. The predicted molar refractivity (Wildman–Crippen MR) is 104 cm³/mol. The summed E-state index contributed by atoms with van der Waals surface area (Å²) in [6.07, 6.45) is 3.44. The molecule has 6 nitrogen and oxygen atoms in total. The topological polar surface area (TPSA) is 72.7 Å². The van der Waals surface area contributed by atoms with Crippen molar-refractivity contribution in [2.75, 3.05) is 5.32 Å². The van der Waals surface area contributed by atoms with Crippen molar-refractivity contribution in [3.05, 3.63) is 53.8 Å². The average Bonchev–Trinajstić information content (AvgIpc) is 3.06. The van der Waals surface area contributed by atoms with E-state index in [1.807, 2.05) is 30.5 Å². The Morgan fingerprint density at radius 3 is 2.54 bits per heavy atom. The highest BCUT2D eigenvalue weighted by atomic mass is 35.5. The maximum atomic E-state index is 12.4. The maximum Gasteiger partial charge on any atom is 0.237 e. The van der Waals surface area contributed by atoms with Crippen molar-refractivity contribution in [2.45, 2.75) is 30.8 Å². The molecule has 0 aliphatic heterocycles. The molecule has 0 bridgehead atoms. The first kappa shape index (κ1) is 18.4. The summed E-state index contributed by atoms with van der Waals surface area (Å²) in [6, 6.07) is 10.8. The summed E-state index contributed by atoms with van der Waals surface area (Å²) in [5.41, 5.74) is 1.65. The normalized spacial score (nSPS) is 12.0. The summed E-state index contributed by atoms with van der Waals surface area (Å²) < 4.78 is 1.99. The van der Waals surface area contributed by atoms with Gasteiger partial charge in [-0.15, -0.1) is 10.2 Å². The molecule has 1 unspecified atom stereocenters. The molecule has 0 aliphatic rings. The number of anilines is 1. The van der Waals surface area contributed by atoms with E-state index in [1.54, 1.807) is 36.7 Å². The summed E-state index contributed by atoms with van der Waals surface area (Å²) >= 11 is 7.24. The van der Waals surface area contributed by atoms with Gasteiger partial charge in [0.05, 0.1) is 5.25 Å². The van der Waals surface area contributed by atoms with Crippen molar-refractivity contribution in [3.63, 3.8) is 0 Å². The number of benzene rings is 1. The van der Waals surface area contributed by atoms with E-state index in [1.165, 1.54) is 11.8 Å². The number of aromatic nitrogens is 4. The standard InChI is InChI=1S/C18H18ClN5OS/c1-3-24-16(13-8-10-20-11-9-13)22-23-18(24)26-12(2)17(25)21-15-6-4-14(19)5-7-15/h4-12H,3H2,1-2H3,(H,21,25). The fraction of sp³-hybridized carbons (Fsp3) is 0.222. The number of hydrogen-bond donors (Lipinski definition) is 1. The number of nitrogens with one attached hydrogen (secondary N) is 1. The molecule has 8 heteroatoms. The molecule has 0 radical (unpaired) electrons. The zero-order valence-corrected chi connectivity index (χ0v) is 16.0. The van der Waals surface area contributed by atoms with E-state index in [4.69, 9.17) is 11.6 Å². The van der Waals surface area contributed by atoms with Crippen LogP contribution in [-0.4, -0.2) is 30.9 Å². The van der Waals surface area contributed by atoms with Gasteiger partial charge >= 0.3 is 0 Å². The van der Waals surface area contributed by atoms with Gasteiger partial charge in [-0.1, -0.05) is 23.4 Å². The molecule has 0 saturated carbocycles. The Morgan fingerprint density at radius 2 is 1.88 bits per heavy atom. The largest absolute Gasteiger partial charge is 0.325 e. The van der Waals surface area contributed by atoms with Crippen molar-refractivity contribution in [3.8, 4) is 11.4 Å². The second kappa shape index (κ2) is 8.33. The molecule has 2 aromatic heterocycles. The lowest BCUT2D eigenvalue weighted by atomic mass is 10.2. The van der Waals surface area contributed by atoms with Crippen LogP contribution in [0.1, 0.15) is 13.8 Å². The summed E-state index contributed by atoms with van der Waals surface area (Å²) in [4.78, 5) is 16.5. The van der Waals surface area contributed by atoms with Crippen LogP contribution in [0.3, 0.4) is 0 Å². The van der Waals surface area contributed by atoms with Crippen LogP contribution in [0.15, 0.2) is 53.9 Å². The molecule has 1 N–H and O–H groups in total. The van der Waals surface area contributed by atoms with Crippen LogP contribution in [0.2, 0.25) is 5.02 Å². The molecule has 1 atom stereocenters. The van der Waals surface area contributed by atoms with E-state index in [0.29, 0.717) is 22.4 Å². The minimum absolute atomic E-state index is 0.103. The van der Waals surface area contributed by atoms with Crippen LogP contribution >= 0.6 is 23.4 Å². The van der Waals surface area contributed by atoms with Crippen LogP contribution < -0.4 is 5.32 Å². The number of pyridine rings is 1. The number of amides is 1. The second-order valence-corrected chi connectivity index (χ2v) is 7.29. The lowest BCUT2D eigenvalue weighted by Gasteiger charge is -2.13. The van der Waals surface area contributed by atoms with Crippen molar-refractivity contribution < 1.29 is 4.79 Å². The summed E-state index contributed by atoms with van der Waals surface area (Å²) in [5.74, 6) is 0.663. The molecule has 0 fully saturated rings. The first-order chi connectivity index (χ1) is 12.6. The van der Waals surface area contributed by atoms with Crippen LogP contribution in [0.25, 0.3) is 11.4 Å². The van der Waals surface area contributed by atoms with Gasteiger partial charge in [-0.3, -0.25) is 9.78 Å². The average molecular weight is 388 g/mol. The summed E-state index contributed by atoms with van der Waals surface area (Å²) in [6.45, 7) is 4.58. The molecule has 1 aromatic carbocycles. The number of nitrogens with zero attached hydrogens (tertiary/aromatic N) is 4. The van der Waals surface area contributed by atoms with E-state index in [-0.39, 0.29) is 11.2 Å². The molecule has 0 aliphatic carbocycles. The Labute approximate surface area is 161 Å². The Kier molecular flexibility index (Phi) is 5.90. The maximum absolute atomic E-state index is 12.4. The van der Waals surface area contributed by atoms with Gasteiger partial charge in [-0.25, -0.2) is 0 Å². The highest BCUT2D eigenvalue weighted by molar-refractivity contribution is 8.00. The third-order valence-electron chi connectivity index (χ3n) is 3.73. The van der Waals surface area contributed by atoms with E-state index < -0.39 is 0 Å². The van der Waals surface area contributed by atoms with Gasteiger partial charge in [0, 0.05) is 35.2 Å². The zero-order valence-electron chi connectivity index (χ0n) is 14.4. The number of carbonyl (C=O) groups is 1. The number of thioether (sulfide) groups is 1. The van der Waals surface area contributed by atoms with Gasteiger partial charge in [0.25, 0.3) is 0 Å². The first-order valence-electron chi connectivity index (χ1n) is 8.15. The zero-order chi connectivity index (χ0) is 18.5. The smallest absolute Gasteiger partial charge is 0.237 e. The first-order valence-corrected chi connectivity index (χ1v) is 9.41. The van der Waals surface area contributed by atoms with Crippen LogP contribution in [0, 0.1) is 0 Å². The highest BCUT2D eigenvalue weighted by Gasteiger charge is 2.20. The molecule has 3 rings (SSSR count). The molecule has 1 amide bonds. The quantitative estimate of drug-likeness (QED) is 0.643. The van der Waals surface area contributed by atoms with Crippen molar-refractivity contribution >= 4 is 35.0 Å². The van der Waals surface area contributed by atoms with E-state index in [9.17, 15) is 4.79 Å². The number of rotatable bonds is 6. The number of carbonyl (C=O) groups excluding carboxylic acids is 1. The monoisotopic (exact) mass is 387 g/mol. The number of halogens is 1. The fourth-order valence-corrected chi connectivity index (χ4v) is 3.40. The Morgan fingerprint density at radius 1 is 1.19 bits per heavy atom. The Hall–Kier alpha value is -2.38. The fourth-order valence-electron chi connectivity index (χ4n) is 2.36. The molecule has 0 saturated heterocycles. The van der Waals surface area contributed by atoms with Crippen molar-refractivity contribution in [2.24, 2.45) is 0 Å².